The summed E-state index contributed by atoms with van der Waals surface area (Å²) in [6.07, 6.45) is 0. The third-order valence-corrected chi connectivity index (χ3v) is 5.71. The van der Waals surface area contributed by atoms with Crippen molar-refractivity contribution in [2.75, 3.05) is 6.61 Å². The molecule has 0 bridgehead atoms. The number of ether oxygens (including phenoxy) is 1. The van der Waals surface area contributed by atoms with Crippen LogP contribution >= 0.6 is 31.9 Å². The van der Waals surface area contributed by atoms with Crippen LogP contribution in [0, 0.1) is 6.92 Å². The molecule has 1 aliphatic heterocycles. The van der Waals surface area contributed by atoms with Gasteiger partial charge in [-0.05, 0) is 19.4 Å². The molecule has 0 radical (unpaired) electrons. The topological polar surface area (TPSA) is 29.6 Å². The van der Waals surface area contributed by atoms with Gasteiger partial charge in [0.15, 0.2) is 5.78 Å². The van der Waals surface area contributed by atoms with Crippen LogP contribution in [0.25, 0.3) is 0 Å². The Balaban J connectivity index is 2.11. The molecule has 1 aromatic rings. The van der Waals surface area contributed by atoms with Crippen molar-refractivity contribution in [2.24, 2.45) is 0 Å². The number of alkyl halides is 2. The molecule has 2 nitrogen and oxygen atoms in total. The van der Waals surface area contributed by atoms with E-state index in [1.54, 1.807) is 0 Å². The molecule has 3 atom stereocenters. The molecule has 1 saturated heterocycles. The predicted octanol–water partition coefficient (Wildman–Crippen LogP) is 3.55. The monoisotopic (exact) mass is 360 g/mol. The van der Waals surface area contributed by atoms with Crippen molar-refractivity contribution in [3.05, 3.63) is 35.4 Å². The van der Waals surface area contributed by atoms with Crippen LogP contribution in [0.3, 0.4) is 0 Å². The molecule has 0 unspecified atom stereocenters. The number of rotatable bonds is 4. The molecule has 0 aromatic heterocycles. The van der Waals surface area contributed by atoms with Crippen LogP contribution in [0.4, 0.5) is 0 Å². The second-order valence-electron chi connectivity index (χ2n) is 4.60. The fourth-order valence-corrected chi connectivity index (χ4v) is 2.93. The first-order valence-corrected chi connectivity index (χ1v) is 7.30. The standard InChI is InChI=1S/C13H14Br2O2/c1-8-3-5-9(6-4-8)10(14)11(15)12(16)13(2)7-17-13/h3-6,10-11H,7H2,1-2H3/t10-,11+,13-/m1/s1. The van der Waals surface area contributed by atoms with E-state index >= 15 is 0 Å². The van der Waals surface area contributed by atoms with Crippen LogP contribution in [-0.4, -0.2) is 22.8 Å². The van der Waals surface area contributed by atoms with Crippen LogP contribution < -0.4 is 0 Å². The minimum Gasteiger partial charge on any atom is -0.362 e. The number of ketones is 1. The zero-order valence-electron chi connectivity index (χ0n) is 9.74. The molecule has 0 N–H and O–H groups in total. The lowest BCUT2D eigenvalue weighted by atomic mass is 9.99. The highest BCUT2D eigenvalue weighted by molar-refractivity contribution is 9.12. The average Bonchev–Trinajstić information content (AvgIpc) is 3.07. The van der Waals surface area contributed by atoms with Gasteiger partial charge in [-0.15, -0.1) is 0 Å². The normalized spacial score (nSPS) is 26.4. The molecule has 1 aromatic carbocycles. The zero-order valence-corrected chi connectivity index (χ0v) is 12.9. The molecule has 0 aliphatic carbocycles. The number of hydrogen-bond acceptors (Lipinski definition) is 2. The van der Waals surface area contributed by atoms with Crippen molar-refractivity contribution in [3.8, 4) is 0 Å². The Kier molecular flexibility index (Phi) is 3.76. The van der Waals surface area contributed by atoms with Crippen molar-refractivity contribution < 1.29 is 9.53 Å². The third-order valence-electron chi connectivity index (χ3n) is 3.00. The molecule has 4 heteroatoms. The second-order valence-corrected chi connectivity index (χ2v) is 6.57. The van der Waals surface area contributed by atoms with Gasteiger partial charge in [0.25, 0.3) is 0 Å². The van der Waals surface area contributed by atoms with Gasteiger partial charge in [0.05, 0.1) is 16.3 Å². The smallest absolute Gasteiger partial charge is 0.181 e. The summed E-state index contributed by atoms with van der Waals surface area (Å²) in [4.78, 5) is 11.8. The van der Waals surface area contributed by atoms with Crippen LogP contribution in [0.5, 0.6) is 0 Å². The van der Waals surface area contributed by atoms with Gasteiger partial charge in [-0.2, -0.15) is 0 Å². The lowest BCUT2D eigenvalue weighted by molar-refractivity contribution is -0.122. The lowest BCUT2D eigenvalue weighted by Crippen LogP contribution is -2.31. The third kappa shape index (κ3) is 2.80. The van der Waals surface area contributed by atoms with Crippen LogP contribution in [-0.2, 0) is 9.53 Å². The van der Waals surface area contributed by atoms with E-state index in [0.717, 1.165) is 5.56 Å². The quantitative estimate of drug-likeness (QED) is 0.606. The molecule has 2 rings (SSSR count). The van der Waals surface area contributed by atoms with E-state index < -0.39 is 5.60 Å². The first-order chi connectivity index (χ1) is 7.94. The minimum atomic E-state index is -0.578. The van der Waals surface area contributed by atoms with E-state index in [1.165, 1.54) is 5.56 Å². The Hall–Kier alpha value is -0.190. The maximum atomic E-state index is 12.1. The highest BCUT2D eigenvalue weighted by atomic mass is 79.9. The van der Waals surface area contributed by atoms with Crippen molar-refractivity contribution in [2.45, 2.75) is 29.1 Å². The fraction of sp³-hybridized carbons (Fsp3) is 0.462. The van der Waals surface area contributed by atoms with E-state index in [4.69, 9.17) is 4.74 Å². The van der Waals surface area contributed by atoms with Gasteiger partial charge in [0.1, 0.15) is 5.60 Å². The first kappa shape index (κ1) is 13.2. The van der Waals surface area contributed by atoms with Crippen molar-refractivity contribution >= 4 is 37.6 Å². The number of carbonyl (C=O) groups is 1. The highest BCUT2D eigenvalue weighted by Crippen LogP contribution is 2.38. The van der Waals surface area contributed by atoms with Gasteiger partial charge in [-0.3, -0.25) is 4.79 Å². The molecule has 17 heavy (non-hydrogen) atoms. The number of halogens is 2. The minimum absolute atomic E-state index is 0.0309. The van der Waals surface area contributed by atoms with E-state index in [0.29, 0.717) is 6.61 Å². The molecule has 0 amide bonds. The Morgan fingerprint density at radius 3 is 2.35 bits per heavy atom. The maximum Gasteiger partial charge on any atom is 0.181 e. The molecule has 1 fully saturated rings. The van der Waals surface area contributed by atoms with Gasteiger partial charge >= 0.3 is 0 Å². The van der Waals surface area contributed by atoms with Gasteiger partial charge < -0.3 is 4.74 Å². The molecule has 92 valence electrons. The summed E-state index contributed by atoms with van der Waals surface area (Å²) in [6, 6.07) is 8.16. The van der Waals surface area contributed by atoms with Crippen LogP contribution in [0.1, 0.15) is 22.9 Å². The van der Waals surface area contributed by atoms with Gasteiger partial charge in [-0.25, -0.2) is 0 Å². The predicted molar refractivity (Wildman–Crippen MR) is 74.9 cm³/mol. The number of Topliss-reactive ketones (excluding diaryl/α,β-unsaturated/α-hetero) is 1. The summed E-state index contributed by atoms with van der Waals surface area (Å²) in [5.74, 6) is 0.0972. The molecule has 1 heterocycles. The first-order valence-electron chi connectivity index (χ1n) is 5.47. The van der Waals surface area contributed by atoms with Crippen molar-refractivity contribution in [1.82, 2.24) is 0 Å². The van der Waals surface area contributed by atoms with Crippen LogP contribution in [0.15, 0.2) is 24.3 Å². The number of hydrogen-bond donors (Lipinski definition) is 0. The Morgan fingerprint density at radius 2 is 1.88 bits per heavy atom. The summed E-state index contributed by atoms with van der Waals surface area (Å²) >= 11 is 7.04. The van der Waals surface area contributed by atoms with Crippen molar-refractivity contribution in [1.29, 1.82) is 0 Å². The molecule has 0 saturated carbocycles. The molecular formula is C13H14Br2O2. The number of aryl methyl sites for hydroxylation is 1. The summed E-state index contributed by atoms with van der Waals surface area (Å²) < 4.78 is 5.18. The SMILES string of the molecule is Cc1ccc([C@@H](Br)[C@H](Br)C(=O)[C@@]2(C)CO2)cc1. The zero-order chi connectivity index (χ0) is 12.6. The summed E-state index contributed by atoms with van der Waals surface area (Å²) in [5, 5.41) is 0. The number of carbonyl (C=O) groups excluding carboxylic acids is 1. The Morgan fingerprint density at radius 1 is 1.35 bits per heavy atom. The van der Waals surface area contributed by atoms with Gasteiger partial charge in [0, 0.05) is 0 Å². The lowest BCUT2D eigenvalue weighted by Gasteiger charge is -2.18. The van der Waals surface area contributed by atoms with Crippen molar-refractivity contribution in [3.63, 3.8) is 0 Å². The fourth-order valence-electron chi connectivity index (χ4n) is 1.59. The Labute approximate surface area is 118 Å². The largest absolute Gasteiger partial charge is 0.362 e. The summed E-state index contributed by atoms with van der Waals surface area (Å²) in [6.45, 7) is 4.41. The second kappa shape index (κ2) is 4.82. The summed E-state index contributed by atoms with van der Waals surface area (Å²) in [7, 11) is 0. The maximum absolute atomic E-state index is 12.1. The Bertz CT molecular complexity index is 424. The summed E-state index contributed by atoms with van der Waals surface area (Å²) in [5.41, 5.74) is 1.73. The van der Waals surface area contributed by atoms with Gasteiger partial charge in [0.2, 0.25) is 0 Å². The van der Waals surface area contributed by atoms with E-state index in [1.807, 2.05) is 38.1 Å². The number of benzene rings is 1. The highest BCUT2D eigenvalue weighted by Gasteiger charge is 2.50. The molecule has 1 aliphatic rings. The number of epoxide rings is 1. The van der Waals surface area contributed by atoms with Gasteiger partial charge in [-0.1, -0.05) is 61.7 Å². The van der Waals surface area contributed by atoms with E-state index in [-0.39, 0.29) is 15.4 Å². The average molecular weight is 362 g/mol. The molecule has 0 spiro atoms. The molecular weight excluding hydrogens is 348 g/mol. The van der Waals surface area contributed by atoms with Crippen LogP contribution in [0.2, 0.25) is 0 Å². The van der Waals surface area contributed by atoms with E-state index in [9.17, 15) is 4.79 Å². The van der Waals surface area contributed by atoms with E-state index in [2.05, 4.69) is 31.9 Å².